The molecule has 0 fully saturated rings. The van der Waals surface area contributed by atoms with Crippen LogP contribution in [0, 0.1) is 0 Å². The molecule has 0 saturated heterocycles. The topological polar surface area (TPSA) is 64.6 Å². The van der Waals surface area contributed by atoms with Crippen molar-refractivity contribution in [3.05, 3.63) is 42.0 Å². The van der Waals surface area contributed by atoms with Crippen molar-refractivity contribution in [2.45, 2.75) is 51.9 Å². The van der Waals surface area contributed by atoms with E-state index < -0.39 is 0 Å². The maximum absolute atomic E-state index is 11.6. The van der Waals surface area contributed by atoms with Gasteiger partial charge in [-0.1, -0.05) is 31.8 Å². The fourth-order valence-electron chi connectivity index (χ4n) is 2.51. The third kappa shape index (κ3) is 9.87. The van der Waals surface area contributed by atoms with Gasteiger partial charge >= 0.3 is 11.9 Å². The number of benzene rings is 1. The number of unbranched alkanes of at least 4 members (excludes halogenated alkanes) is 6. The van der Waals surface area contributed by atoms with Gasteiger partial charge in [0, 0.05) is 18.3 Å². The summed E-state index contributed by atoms with van der Waals surface area (Å²) >= 11 is 0. The maximum atomic E-state index is 11.6. The highest BCUT2D eigenvalue weighted by Gasteiger charge is 2.05. The zero-order valence-electron chi connectivity index (χ0n) is 16.0. The van der Waals surface area contributed by atoms with Gasteiger partial charge in [0.1, 0.15) is 0 Å². The van der Waals surface area contributed by atoms with E-state index in [1.807, 2.05) is 18.2 Å². The van der Waals surface area contributed by atoms with Crippen LogP contribution >= 0.6 is 0 Å². The molecule has 0 heterocycles. The SMILES string of the molecule is CCOC(=O)c1ccc(NCCCCCCCC/C=C/C(=O)OC)cc1. The molecule has 1 N–H and O–H groups in total. The molecule has 0 aliphatic heterocycles. The zero-order valence-corrected chi connectivity index (χ0v) is 16.0. The van der Waals surface area contributed by atoms with Crippen molar-refractivity contribution in [1.29, 1.82) is 0 Å². The average molecular weight is 361 g/mol. The van der Waals surface area contributed by atoms with E-state index in [0.717, 1.165) is 31.5 Å². The minimum absolute atomic E-state index is 0.278. The van der Waals surface area contributed by atoms with E-state index in [2.05, 4.69) is 10.1 Å². The first kappa shape index (κ1) is 21.7. The first-order valence-corrected chi connectivity index (χ1v) is 9.43. The predicted molar refractivity (Wildman–Crippen MR) is 104 cm³/mol. The minimum Gasteiger partial charge on any atom is -0.466 e. The molecular formula is C21H31NO4. The normalized spacial score (nSPS) is 10.7. The third-order valence-corrected chi connectivity index (χ3v) is 3.98. The van der Waals surface area contributed by atoms with Gasteiger partial charge in [-0.25, -0.2) is 9.59 Å². The smallest absolute Gasteiger partial charge is 0.338 e. The first-order valence-electron chi connectivity index (χ1n) is 9.43. The summed E-state index contributed by atoms with van der Waals surface area (Å²) in [6.07, 6.45) is 11.4. The van der Waals surface area contributed by atoms with E-state index in [9.17, 15) is 9.59 Å². The molecule has 1 aromatic carbocycles. The van der Waals surface area contributed by atoms with Crippen LogP contribution < -0.4 is 5.32 Å². The number of esters is 2. The lowest BCUT2D eigenvalue weighted by Gasteiger charge is -2.07. The van der Waals surface area contributed by atoms with Gasteiger partial charge in [-0.3, -0.25) is 0 Å². The highest BCUT2D eigenvalue weighted by atomic mass is 16.5. The molecule has 0 amide bonds. The predicted octanol–water partition coefficient (Wildman–Crippen LogP) is 4.74. The fraction of sp³-hybridized carbons (Fsp3) is 0.524. The molecule has 0 aromatic heterocycles. The van der Waals surface area contributed by atoms with Gasteiger partial charge in [0.05, 0.1) is 19.3 Å². The van der Waals surface area contributed by atoms with Crippen LogP contribution in [-0.4, -0.2) is 32.2 Å². The number of rotatable bonds is 13. The summed E-state index contributed by atoms with van der Waals surface area (Å²) in [6, 6.07) is 7.39. The van der Waals surface area contributed by atoms with Crippen molar-refractivity contribution >= 4 is 17.6 Å². The first-order chi connectivity index (χ1) is 12.7. The number of anilines is 1. The number of carbonyl (C=O) groups is 2. The van der Waals surface area contributed by atoms with Crippen LogP contribution in [0.2, 0.25) is 0 Å². The largest absolute Gasteiger partial charge is 0.466 e. The lowest BCUT2D eigenvalue weighted by atomic mass is 10.1. The van der Waals surface area contributed by atoms with Gasteiger partial charge in [-0.05, 0) is 50.5 Å². The molecule has 5 heteroatoms. The van der Waals surface area contributed by atoms with Gasteiger partial charge < -0.3 is 14.8 Å². The Morgan fingerprint density at radius 1 is 1.00 bits per heavy atom. The summed E-state index contributed by atoms with van der Waals surface area (Å²) in [5.74, 6) is -0.562. The Labute approximate surface area is 156 Å². The summed E-state index contributed by atoms with van der Waals surface area (Å²) in [6.45, 7) is 3.12. The lowest BCUT2D eigenvalue weighted by molar-refractivity contribution is -0.134. The molecule has 0 radical (unpaired) electrons. The number of hydrogen-bond acceptors (Lipinski definition) is 5. The monoisotopic (exact) mass is 361 g/mol. The van der Waals surface area contributed by atoms with Crippen molar-refractivity contribution in [1.82, 2.24) is 0 Å². The summed E-state index contributed by atoms with van der Waals surface area (Å²) < 4.78 is 9.51. The molecular weight excluding hydrogens is 330 g/mol. The van der Waals surface area contributed by atoms with E-state index in [0.29, 0.717) is 12.2 Å². The van der Waals surface area contributed by atoms with E-state index in [1.54, 1.807) is 19.1 Å². The number of ether oxygens (including phenoxy) is 2. The average Bonchev–Trinajstić information content (AvgIpc) is 2.66. The molecule has 0 spiro atoms. The fourth-order valence-corrected chi connectivity index (χ4v) is 2.51. The van der Waals surface area contributed by atoms with Crippen LogP contribution in [0.5, 0.6) is 0 Å². The molecule has 26 heavy (non-hydrogen) atoms. The summed E-state index contributed by atoms with van der Waals surface area (Å²) in [7, 11) is 1.39. The van der Waals surface area contributed by atoms with Crippen LogP contribution in [0.4, 0.5) is 5.69 Å². The summed E-state index contributed by atoms with van der Waals surface area (Å²) in [5.41, 5.74) is 1.61. The molecule has 0 aliphatic carbocycles. The lowest BCUT2D eigenvalue weighted by Crippen LogP contribution is -2.05. The second kappa shape index (κ2) is 13.9. The second-order valence-electron chi connectivity index (χ2n) is 6.06. The Balaban J connectivity index is 2.01. The standard InChI is InChI=1S/C21H31NO4/c1-3-26-21(24)18-13-15-19(16-14-18)22-17-11-9-7-5-4-6-8-10-12-20(23)25-2/h10,12-16,22H,3-9,11,17H2,1-2H3/b12-10+. The Morgan fingerprint density at radius 2 is 1.65 bits per heavy atom. The maximum Gasteiger partial charge on any atom is 0.338 e. The highest BCUT2D eigenvalue weighted by Crippen LogP contribution is 2.12. The zero-order chi connectivity index (χ0) is 19.0. The third-order valence-electron chi connectivity index (χ3n) is 3.98. The molecule has 0 saturated carbocycles. The van der Waals surface area contributed by atoms with Crippen LogP contribution in [0.15, 0.2) is 36.4 Å². The summed E-state index contributed by atoms with van der Waals surface area (Å²) in [4.78, 5) is 22.5. The van der Waals surface area contributed by atoms with Crippen molar-refractivity contribution in [3.63, 3.8) is 0 Å². The van der Waals surface area contributed by atoms with E-state index in [1.165, 1.54) is 38.9 Å². The van der Waals surface area contributed by atoms with Gasteiger partial charge in [0.2, 0.25) is 0 Å². The number of carbonyl (C=O) groups excluding carboxylic acids is 2. The second-order valence-corrected chi connectivity index (χ2v) is 6.06. The van der Waals surface area contributed by atoms with Gasteiger partial charge in [0.15, 0.2) is 0 Å². The molecule has 0 bridgehead atoms. The van der Waals surface area contributed by atoms with Crippen LogP contribution in [0.3, 0.4) is 0 Å². The van der Waals surface area contributed by atoms with Crippen molar-refractivity contribution in [2.24, 2.45) is 0 Å². The molecule has 0 atom stereocenters. The highest BCUT2D eigenvalue weighted by molar-refractivity contribution is 5.89. The quantitative estimate of drug-likeness (QED) is 0.312. The van der Waals surface area contributed by atoms with Gasteiger partial charge in [-0.15, -0.1) is 0 Å². The van der Waals surface area contributed by atoms with Gasteiger partial charge in [0.25, 0.3) is 0 Å². The number of nitrogens with one attached hydrogen (secondary N) is 1. The van der Waals surface area contributed by atoms with E-state index in [-0.39, 0.29) is 11.9 Å². The van der Waals surface area contributed by atoms with Gasteiger partial charge in [-0.2, -0.15) is 0 Å². The molecule has 0 aliphatic rings. The Hall–Kier alpha value is -2.30. The van der Waals surface area contributed by atoms with Crippen LogP contribution in [-0.2, 0) is 14.3 Å². The molecule has 1 aromatic rings. The number of hydrogen-bond donors (Lipinski definition) is 1. The molecule has 5 nitrogen and oxygen atoms in total. The molecule has 1 rings (SSSR count). The number of methoxy groups -OCH3 is 1. The van der Waals surface area contributed by atoms with Crippen molar-refractivity contribution in [3.8, 4) is 0 Å². The molecule has 0 unspecified atom stereocenters. The van der Waals surface area contributed by atoms with Crippen LogP contribution in [0.25, 0.3) is 0 Å². The molecule has 144 valence electrons. The Morgan fingerprint density at radius 3 is 2.31 bits per heavy atom. The van der Waals surface area contributed by atoms with E-state index >= 15 is 0 Å². The summed E-state index contributed by atoms with van der Waals surface area (Å²) in [5, 5.41) is 3.37. The van der Waals surface area contributed by atoms with Crippen LogP contribution in [0.1, 0.15) is 62.2 Å². The minimum atomic E-state index is -0.284. The van der Waals surface area contributed by atoms with Crippen molar-refractivity contribution < 1.29 is 19.1 Å². The van der Waals surface area contributed by atoms with Crippen molar-refractivity contribution in [2.75, 3.05) is 25.6 Å². The van der Waals surface area contributed by atoms with E-state index in [4.69, 9.17) is 4.74 Å². The Bertz CT molecular complexity index is 552. The Kier molecular flexibility index (Phi) is 11.6. The number of allylic oxidation sites excluding steroid dienone is 1.